The zero-order valence-corrected chi connectivity index (χ0v) is 5.63. The van der Waals surface area contributed by atoms with Crippen molar-refractivity contribution in [3.05, 3.63) is 11.8 Å². The highest BCUT2D eigenvalue weighted by Crippen LogP contribution is 2.05. The average molecular weight is 128 g/mol. The summed E-state index contributed by atoms with van der Waals surface area (Å²) in [6.45, 7) is 1.68. The SMILES string of the molecule is COC1=CCCN(N)C1. The predicted molar refractivity (Wildman–Crippen MR) is 35.5 cm³/mol. The van der Waals surface area contributed by atoms with Gasteiger partial charge in [0.25, 0.3) is 0 Å². The largest absolute Gasteiger partial charge is 0.500 e. The van der Waals surface area contributed by atoms with Crippen LogP contribution in [0.1, 0.15) is 6.42 Å². The molecule has 0 saturated heterocycles. The van der Waals surface area contributed by atoms with Gasteiger partial charge in [-0.3, -0.25) is 5.84 Å². The van der Waals surface area contributed by atoms with Crippen LogP contribution in [0.25, 0.3) is 0 Å². The van der Waals surface area contributed by atoms with Crippen LogP contribution in [0, 0.1) is 0 Å². The third-order valence-electron chi connectivity index (χ3n) is 1.41. The molecule has 0 aromatic carbocycles. The van der Waals surface area contributed by atoms with Crippen molar-refractivity contribution in [2.75, 3.05) is 20.2 Å². The van der Waals surface area contributed by atoms with Gasteiger partial charge in [-0.15, -0.1) is 0 Å². The number of nitrogens with zero attached hydrogens (tertiary/aromatic N) is 1. The molecule has 1 aliphatic heterocycles. The van der Waals surface area contributed by atoms with Gasteiger partial charge in [0, 0.05) is 6.54 Å². The molecule has 0 saturated carbocycles. The fourth-order valence-electron chi connectivity index (χ4n) is 0.883. The zero-order chi connectivity index (χ0) is 6.69. The maximum Gasteiger partial charge on any atom is 0.107 e. The molecule has 52 valence electrons. The molecule has 1 heterocycles. The minimum atomic E-state index is 0.747. The molecule has 0 atom stereocenters. The first-order valence-electron chi connectivity index (χ1n) is 3.05. The molecule has 1 rings (SSSR count). The van der Waals surface area contributed by atoms with E-state index in [0.29, 0.717) is 0 Å². The van der Waals surface area contributed by atoms with Gasteiger partial charge in [0.1, 0.15) is 5.76 Å². The van der Waals surface area contributed by atoms with Crippen LogP contribution in [0.2, 0.25) is 0 Å². The van der Waals surface area contributed by atoms with Crippen molar-refractivity contribution in [1.29, 1.82) is 0 Å². The van der Waals surface area contributed by atoms with Crippen LogP contribution < -0.4 is 5.84 Å². The van der Waals surface area contributed by atoms with E-state index in [-0.39, 0.29) is 0 Å². The quantitative estimate of drug-likeness (QED) is 0.509. The van der Waals surface area contributed by atoms with Crippen LogP contribution >= 0.6 is 0 Å². The summed E-state index contributed by atoms with van der Waals surface area (Å²) in [4.78, 5) is 0. The van der Waals surface area contributed by atoms with Crippen LogP contribution in [0.5, 0.6) is 0 Å². The van der Waals surface area contributed by atoms with E-state index in [9.17, 15) is 0 Å². The molecule has 2 N–H and O–H groups in total. The van der Waals surface area contributed by atoms with Crippen molar-refractivity contribution in [2.24, 2.45) is 5.84 Å². The van der Waals surface area contributed by atoms with Gasteiger partial charge in [-0.25, -0.2) is 5.01 Å². The van der Waals surface area contributed by atoms with Gasteiger partial charge in [0.15, 0.2) is 0 Å². The highest BCUT2D eigenvalue weighted by atomic mass is 16.5. The van der Waals surface area contributed by atoms with Crippen LogP contribution in [0.3, 0.4) is 0 Å². The summed E-state index contributed by atoms with van der Waals surface area (Å²) in [7, 11) is 1.67. The molecule has 0 aromatic rings. The molecule has 3 nitrogen and oxygen atoms in total. The lowest BCUT2D eigenvalue weighted by Crippen LogP contribution is -2.36. The number of hydrogen-bond donors (Lipinski definition) is 1. The Morgan fingerprint density at radius 2 is 2.56 bits per heavy atom. The van der Waals surface area contributed by atoms with Gasteiger partial charge in [0.05, 0.1) is 13.7 Å². The smallest absolute Gasteiger partial charge is 0.107 e. The Labute approximate surface area is 55.1 Å². The fraction of sp³-hybridized carbons (Fsp3) is 0.667. The van der Waals surface area contributed by atoms with E-state index in [0.717, 1.165) is 25.3 Å². The van der Waals surface area contributed by atoms with Crippen molar-refractivity contribution < 1.29 is 4.74 Å². The van der Waals surface area contributed by atoms with E-state index in [1.54, 1.807) is 12.1 Å². The Morgan fingerprint density at radius 1 is 1.78 bits per heavy atom. The second-order valence-electron chi connectivity index (χ2n) is 2.13. The van der Waals surface area contributed by atoms with E-state index in [4.69, 9.17) is 10.6 Å². The lowest BCUT2D eigenvalue weighted by molar-refractivity contribution is 0.201. The predicted octanol–water partition coefficient (Wildman–Crippen LogP) is 0.0961. The molecule has 0 radical (unpaired) electrons. The summed E-state index contributed by atoms with van der Waals surface area (Å²) in [5.74, 6) is 6.49. The molecule has 0 fully saturated rings. The van der Waals surface area contributed by atoms with E-state index in [2.05, 4.69) is 6.08 Å². The van der Waals surface area contributed by atoms with Crippen LogP contribution in [-0.2, 0) is 4.74 Å². The molecule has 0 aromatic heterocycles. The molecule has 0 spiro atoms. The van der Waals surface area contributed by atoms with Gasteiger partial charge >= 0.3 is 0 Å². The highest BCUT2D eigenvalue weighted by Gasteiger charge is 2.07. The number of hydrogen-bond acceptors (Lipinski definition) is 3. The molecular formula is C6H12N2O. The molecule has 0 unspecified atom stereocenters. The summed E-state index contributed by atoms with van der Waals surface area (Å²) in [5, 5.41) is 1.75. The molecule has 0 bridgehead atoms. The van der Waals surface area contributed by atoms with Crippen molar-refractivity contribution in [2.45, 2.75) is 6.42 Å². The summed E-state index contributed by atoms with van der Waals surface area (Å²) in [6.07, 6.45) is 3.07. The first-order chi connectivity index (χ1) is 4.33. The Morgan fingerprint density at radius 3 is 3.00 bits per heavy atom. The second-order valence-corrected chi connectivity index (χ2v) is 2.13. The third kappa shape index (κ3) is 1.69. The van der Waals surface area contributed by atoms with Gasteiger partial charge in [-0.1, -0.05) is 0 Å². The number of methoxy groups -OCH3 is 1. The highest BCUT2D eigenvalue weighted by molar-refractivity contribution is 4.98. The summed E-state index contributed by atoms with van der Waals surface area (Å²) < 4.78 is 5.00. The number of nitrogens with two attached hydrogens (primary N) is 1. The Bertz CT molecular complexity index is 122. The summed E-state index contributed by atoms with van der Waals surface area (Å²) >= 11 is 0. The van der Waals surface area contributed by atoms with E-state index in [1.165, 1.54) is 0 Å². The average Bonchev–Trinajstić information content (AvgIpc) is 1.88. The van der Waals surface area contributed by atoms with Gasteiger partial charge in [-0.2, -0.15) is 0 Å². The lowest BCUT2D eigenvalue weighted by Gasteiger charge is -2.20. The van der Waals surface area contributed by atoms with Gasteiger partial charge < -0.3 is 4.74 Å². The van der Waals surface area contributed by atoms with E-state index in [1.807, 2.05) is 0 Å². The van der Waals surface area contributed by atoms with Crippen molar-refractivity contribution >= 4 is 0 Å². The standard InChI is InChI=1S/C6H12N2O/c1-9-6-3-2-4-8(7)5-6/h3H,2,4-5,7H2,1H3. The maximum absolute atomic E-state index is 5.51. The van der Waals surface area contributed by atoms with Crippen molar-refractivity contribution in [3.63, 3.8) is 0 Å². The van der Waals surface area contributed by atoms with Crippen LogP contribution in [-0.4, -0.2) is 25.2 Å². The molecule has 0 amide bonds. The normalized spacial score (nSPS) is 21.3. The first-order valence-corrected chi connectivity index (χ1v) is 3.05. The number of ether oxygens (including phenoxy) is 1. The second kappa shape index (κ2) is 2.85. The van der Waals surface area contributed by atoms with Crippen molar-refractivity contribution in [3.8, 4) is 0 Å². The lowest BCUT2D eigenvalue weighted by atomic mass is 10.2. The zero-order valence-electron chi connectivity index (χ0n) is 5.63. The Hall–Kier alpha value is -0.540. The minimum Gasteiger partial charge on any atom is -0.500 e. The Kier molecular flexibility index (Phi) is 2.08. The van der Waals surface area contributed by atoms with Gasteiger partial charge in [0.2, 0.25) is 0 Å². The summed E-state index contributed by atoms with van der Waals surface area (Å²) in [5.41, 5.74) is 0. The topological polar surface area (TPSA) is 38.5 Å². The number of rotatable bonds is 1. The van der Waals surface area contributed by atoms with Gasteiger partial charge in [-0.05, 0) is 12.5 Å². The third-order valence-corrected chi connectivity index (χ3v) is 1.41. The summed E-state index contributed by atoms with van der Waals surface area (Å²) in [6, 6.07) is 0. The maximum atomic E-state index is 5.51. The number of hydrazine groups is 1. The molecule has 9 heavy (non-hydrogen) atoms. The molecule has 1 aliphatic rings. The molecule has 0 aliphatic carbocycles. The monoisotopic (exact) mass is 128 g/mol. The van der Waals surface area contributed by atoms with Crippen LogP contribution in [0.4, 0.5) is 0 Å². The van der Waals surface area contributed by atoms with Crippen LogP contribution in [0.15, 0.2) is 11.8 Å². The molecule has 3 heteroatoms. The van der Waals surface area contributed by atoms with E-state index < -0.39 is 0 Å². The Balaban J connectivity index is 2.43. The van der Waals surface area contributed by atoms with Crippen molar-refractivity contribution in [1.82, 2.24) is 5.01 Å². The minimum absolute atomic E-state index is 0.747. The molecular weight excluding hydrogens is 116 g/mol. The first kappa shape index (κ1) is 6.58. The fourth-order valence-corrected chi connectivity index (χ4v) is 0.883. The van der Waals surface area contributed by atoms with E-state index >= 15 is 0 Å².